The normalized spacial score (nSPS) is 16.1. The van der Waals surface area contributed by atoms with E-state index in [-0.39, 0.29) is 24.6 Å². The van der Waals surface area contributed by atoms with Crippen LogP contribution in [0.1, 0.15) is 12.8 Å². The maximum atomic E-state index is 11.9. The fourth-order valence-electron chi connectivity index (χ4n) is 1.99. The van der Waals surface area contributed by atoms with Crippen LogP contribution in [-0.4, -0.2) is 81.9 Å². The average Bonchev–Trinajstić information content (AvgIpc) is 2.45. The molecule has 1 rings (SSSR count). The van der Waals surface area contributed by atoms with Crippen molar-refractivity contribution in [3.63, 3.8) is 0 Å². The van der Waals surface area contributed by atoms with Gasteiger partial charge in [-0.3, -0.25) is 4.79 Å². The number of carbonyl (C=O) groups excluding carboxylic acids is 2. The molecule has 0 spiro atoms. The first-order valence-electron chi connectivity index (χ1n) is 6.88. The van der Waals surface area contributed by atoms with Crippen LogP contribution in [0.25, 0.3) is 0 Å². The van der Waals surface area contributed by atoms with E-state index in [4.69, 9.17) is 9.47 Å². The smallest absolute Gasteiger partial charge is 0.317 e. The summed E-state index contributed by atoms with van der Waals surface area (Å²) in [7, 11) is 4.93. The zero-order valence-electron chi connectivity index (χ0n) is 12.6. The Morgan fingerprint density at radius 2 is 1.90 bits per heavy atom. The first kappa shape index (κ1) is 16.7. The van der Waals surface area contributed by atoms with Crippen LogP contribution in [0.5, 0.6) is 0 Å². The van der Waals surface area contributed by atoms with Crippen LogP contribution in [0.2, 0.25) is 0 Å². The highest BCUT2D eigenvalue weighted by Gasteiger charge is 2.23. The van der Waals surface area contributed by atoms with E-state index in [2.05, 4.69) is 5.32 Å². The molecule has 0 aromatic carbocycles. The molecule has 0 aliphatic carbocycles. The number of amides is 3. The number of carbonyl (C=O) groups is 2. The Morgan fingerprint density at radius 1 is 1.25 bits per heavy atom. The zero-order valence-corrected chi connectivity index (χ0v) is 12.6. The van der Waals surface area contributed by atoms with E-state index >= 15 is 0 Å². The molecular weight excluding hydrogens is 262 g/mol. The summed E-state index contributed by atoms with van der Waals surface area (Å²) in [5.74, 6) is -0.0458. The van der Waals surface area contributed by atoms with Crippen molar-refractivity contribution < 1.29 is 19.1 Å². The van der Waals surface area contributed by atoms with Gasteiger partial charge in [0.15, 0.2) is 0 Å². The molecule has 7 nitrogen and oxygen atoms in total. The molecular formula is C13H25N3O4. The Balaban J connectivity index is 2.20. The summed E-state index contributed by atoms with van der Waals surface area (Å²) in [5, 5.41) is 2.58. The largest absolute Gasteiger partial charge is 0.382 e. The predicted molar refractivity (Wildman–Crippen MR) is 74.5 cm³/mol. The minimum atomic E-state index is -0.254. The van der Waals surface area contributed by atoms with Gasteiger partial charge in [0.2, 0.25) is 5.91 Å². The van der Waals surface area contributed by atoms with Crippen LogP contribution in [0.3, 0.4) is 0 Å². The molecule has 0 unspecified atom stereocenters. The van der Waals surface area contributed by atoms with Crippen molar-refractivity contribution in [2.24, 2.45) is 0 Å². The molecule has 0 aromatic heterocycles. The number of hydrogen-bond donors (Lipinski definition) is 1. The first-order chi connectivity index (χ1) is 9.54. The first-order valence-corrected chi connectivity index (χ1v) is 6.88. The van der Waals surface area contributed by atoms with Gasteiger partial charge in [-0.05, 0) is 12.8 Å². The SMILES string of the molecule is COCCOC1CCN(C(=O)CNC(=O)N(C)C)CC1. The number of ether oxygens (including phenoxy) is 2. The molecule has 1 aliphatic heterocycles. The summed E-state index contributed by atoms with van der Waals surface area (Å²) < 4.78 is 10.6. The lowest BCUT2D eigenvalue weighted by Crippen LogP contribution is -2.47. The van der Waals surface area contributed by atoms with Crippen molar-refractivity contribution in [1.29, 1.82) is 0 Å². The number of urea groups is 1. The summed E-state index contributed by atoms with van der Waals surface area (Å²) in [4.78, 5) is 26.4. The lowest BCUT2D eigenvalue weighted by molar-refractivity contribution is -0.132. The van der Waals surface area contributed by atoms with Gasteiger partial charge in [-0.1, -0.05) is 0 Å². The highest BCUT2D eigenvalue weighted by Crippen LogP contribution is 2.13. The van der Waals surface area contributed by atoms with E-state index in [1.807, 2.05) is 0 Å². The number of piperidine rings is 1. The molecule has 0 atom stereocenters. The monoisotopic (exact) mass is 287 g/mol. The van der Waals surface area contributed by atoms with Gasteiger partial charge in [0, 0.05) is 34.3 Å². The van der Waals surface area contributed by atoms with Crippen LogP contribution in [0.15, 0.2) is 0 Å². The zero-order chi connectivity index (χ0) is 15.0. The molecule has 20 heavy (non-hydrogen) atoms. The molecule has 1 fully saturated rings. The second-order valence-corrected chi connectivity index (χ2v) is 5.00. The van der Waals surface area contributed by atoms with Crippen LogP contribution in [-0.2, 0) is 14.3 Å². The quantitative estimate of drug-likeness (QED) is 0.693. The number of methoxy groups -OCH3 is 1. The van der Waals surface area contributed by atoms with Crippen molar-refractivity contribution >= 4 is 11.9 Å². The van der Waals surface area contributed by atoms with Crippen molar-refractivity contribution in [2.75, 3.05) is 54.1 Å². The Morgan fingerprint density at radius 3 is 2.45 bits per heavy atom. The Bertz CT molecular complexity index is 315. The van der Waals surface area contributed by atoms with Gasteiger partial charge in [0.25, 0.3) is 0 Å². The number of nitrogens with zero attached hydrogens (tertiary/aromatic N) is 2. The lowest BCUT2D eigenvalue weighted by Gasteiger charge is -2.32. The molecule has 1 saturated heterocycles. The van der Waals surface area contributed by atoms with Gasteiger partial charge in [0.1, 0.15) is 0 Å². The minimum absolute atomic E-state index is 0.0458. The number of rotatable bonds is 6. The summed E-state index contributed by atoms with van der Waals surface area (Å²) in [6, 6.07) is -0.254. The summed E-state index contributed by atoms with van der Waals surface area (Å²) in [5.41, 5.74) is 0. The van der Waals surface area contributed by atoms with Gasteiger partial charge in [-0.15, -0.1) is 0 Å². The standard InChI is InChI=1S/C13H25N3O4/c1-15(2)13(18)14-10-12(17)16-6-4-11(5-7-16)20-9-8-19-3/h11H,4-10H2,1-3H3,(H,14,18). The fraction of sp³-hybridized carbons (Fsp3) is 0.846. The third-order valence-corrected chi connectivity index (χ3v) is 3.23. The average molecular weight is 287 g/mol. The van der Waals surface area contributed by atoms with E-state index < -0.39 is 0 Å². The van der Waals surface area contributed by atoms with E-state index in [9.17, 15) is 9.59 Å². The van der Waals surface area contributed by atoms with Gasteiger partial charge in [-0.2, -0.15) is 0 Å². The van der Waals surface area contributed by atoms with E-state index in [1.165, 1.54) is 4.90 Å². The third-order valence-electron chi connectivity index (χ3n) is 3.23. The molecule has 1 N–H and O–H groups in total. The Labute approximate surface area is 120 Å². The van der Waals surface area contributed by atoms with Gasteiger partial charge in [-0.25, -0.2) is 4.79 Å². The highest BCUT2D eigenvalue weighted by atomic mass is 16.5. The predicted octanol–water partition coefficient (Wildman–Crippen LogP) is -0.0884. The molecule has 1 heterocycles. The molecule has 0 bridgehead atoms. The highest BCUT2D eigenvalue weighted by molar-refractivity contribution is 5.83. The molecule has 7 heteroatoms. The summed E-state index contributed by atoms with van der Waals surface area (Å²) in [6.45, 7) is 2.58. The number of hydrogen-bond acceptors (Lipinski definition) is 4. The number of likely N-dealkylation sites (tertiary alicyclic amines) is 1. The summed E-state index contributed by atoms with van der Waals surface area (Å²) in [6.07, 6.45) is 1.86. The van der Waals surface area contributed by atoms with Gasteiger partial charge < -0.3 is 24.6 Å². The molecule has 3 amide bonds. The molecule has 0 radical (unpaired) electrons. The van der Waals surface area contributed by atoms with Crippen molar-refractivity contribution in [1.82, 2.24) is 15.1 Å². The van der Waals surface area contributed by atoms with Crippen LogP contribution < -0.4 is 5.32 Å². The van der Waals surface area contributed by atoms with Crippen molar-refractivity contribution in [3.8, 4) is 0 Å². The van der Waals surface area contributed by atoms with E-state index in [0.29, 0.717) is 26.3 Å². The van der Waals surface area contributed by atoms with Gasteiger partial charge in [0.05, 0.1) is 25.9 Å². The second-order valence-electron chi connectivity index (χ2n) is 5.00. The maximum absolute atomic E-state index is 11.9. The van der Waals surface area contributed by atoms with Gasteiger partial charge >= 0.3 is 6.03 Å². The summed E-state index contributed by atoms with van der Waals surface area (Å²) >= 11 is 0. The van der Waals surface area contributed by atoms with Crippen LogP contribution >= 0.6 is 0 Å². The topological polar surface area (TPSA) is 71.1 Å². The van der Waals surface area contributed by atoms with Crippen LogP contribution in [0.4, 0.5) is 4.79 Å². The van der Waals surface area contributed by atoms with E-state index in [0.717, 1.165) is 12.8 Å². The van der Waals surface area contributed by atoms with Crippen LogP contribution in [0, 0.1) is 0 Å². The Hall–Kier alpha value is -1.34. The van der Waals surface area contributed by atoms with Crippen molar-refractivity contribution in [2.45, 2.75) is 18.9 Å². The minimum Gasteiger partial charge on any atom is -0.382 e. The molecule has 0 aromatic rings. The third kappa shape index (κ3) is 5.75. The van der Waals surface area contributed by atoms with Crippen molar-refractivity contribution in [3.05, 3.63) is 0 Å². The molecule has 1 aliphatic rings. The second kappa shape index (κ2) is 8.76. The van der Waals surface area contributed by atoms with E-state index in [1.54, 1.807) is 26.1 Å². The lowest BCUT2D eigenvalue weighted by atomic mass is 10.1. The molecule has 116 valence electrons. The fourth-order valence-corrected chi connectivity index (χ4v) is 1.99. The Kier molecular flexibility index (Phi) is 7.32. The number of nitrogens with one attached hydrogen (secondary N) is 1. The molecule has 0 saturated carbocycles. The maximum Gasteiger partial charge on any atom is 0.317 e.